The first-order chi connectivity index (χ1) is 5.68. The van der Waals surface area contributed by atoms with E-state index in [0.717, 1.165) is 10.5 Å². The minimum absolute atomic E-state index is 0.252. The van der Waals surface area contributed by atoms with Crippen molar-refractivity contribution in [3.05, 3.63) is 29.8 Å². The van der Waals surface area contributed by atoms with Gasteiger partial charge in [0.1, 0.15) is 11.5 Å². The SMILES string of the molecule is CC(=O)OCc1ccc([SH2+])cc1. The van der Waals surface area contributed by atoms with Crippen LogP contribution < -0.4 is 0 Å². The van der Waals surface area contributed by atoms with Gasteiger partial charge in [-0.25, -0.2) is 0 Å². The predicted octanol–water partition coefficient (Wildman–Crippen LogP) is 1.12. The van der Waals surface area contributed by atoms with Crippen molar-refractivity contribution in [1.82, 2.24) is 0 Å². The van der Waals surface area contributed by atoms with Gasteiger partial charge in [0.25, 0.3) is 0 Å². The molecular weight excluding hydrogens is 172 g/mol. The van der Waals surface area contributed by atoms with Crippen LogP contribution in [0.3, 0.4) is 0 Å². The van der Waals surface area contributed by atoms with E-state index in [9.17, 15) is 4.79 Å². The topological polar surface area (TPSA) is 26.3 Å². The highest BCUT2D eigenvalue weighted by Gasteiger charge is 1.96. The van der Waals surface area contributed by atoms with Crippen LogP contribution in [-0.2, 0) is 28.8 Å². The Morgan fingerprint density at radius 3 is 2.50 bits per heavy atom. The molecule has 3 heteroatoms. The third-order valence-corrected chi connectivity index (χ3v) is 1.73. The van der Waals surface area contributed by atoms with Crippen LogP contribution in [0.5, 0.6) is 0 Å². The Kier molecular flexibility index (Phi) is 3.17. The first kappa shape index (κ1) is 9.13. The second-order valence-electron chi connectivity index (χ2n) is 2.48. The quantitative estimate of drug-likeness (QED) is 0.507. The lowest BCUT2D eigenvalue weighted by Gasteiger charge is -2.00. The van der Waals surface area contributed by atoms with E-state index in [2.05, 4.69) is 12.6 Å². The summed E-state index contributed by atoms with van der Waals surface area (Å²) in [5, 5.41) is 0. The molecule has 0 aromatic heterocycles. The smallest absolute Gasteiger partial charge is 0.302 e. The summed E-state index contributed by atoms with van der Waals surface area (Å²) in [6.07, 6.45) is 0. The van der Waals surface area contributed by atoms with Gasteiger partial charge in [-0.05, 0) is 30.3 Å². The Morgan fingerprint density at radius 2 is 2.00 bits per heavy atom. The molecule has 0 aliphatic rings. The largest absolute Gasteiger partial charge is 0.461 e. The third kappa shape index (κ3) is 2.96. The van der Waals surface area contributed by atoms with Gasteiger partial charge in [0, 0.05) is 6.92 Å². The molecule has 0 bridgehead atoms. The number of esters is 1. The van der Waals surface area contributed by atoms with Gasteiger partial charge in [0.2, 0.25) is 0 Å². The molecule has 0 amide bonds. The number of ether oxygens (including phenoxy) is 1. The Hall–Kier alpha value is -0.960. The third-order valence-electron chi connectivity index (χ3n) is 1.40. The van der Waals surface area contributed by atoms with E-state index >= 15 is 0 Å². The molecule has 0 N–H and O–H groups in total. The van der Waals surface area contributed by atoms with E-state index < -0.39 is 0 Å². The molecule has 64 valence electrons. The molecule has 2 nitrogen and oxygen atoms in total. The van der Waals surface area contributed by atoms with Crippen LogP contribution in [0.4, 0.5) is 0 Å². The minimum atomic E-state index is -0.252. The zero-order valence-electron chi connectivity index (χ0n) is 6.83. The molecule has 0 fully saturated rings. The van der Waals surface area contributed by atoms with Crippen molar-refractivity contribution in [3.63, 3.8) is 0 Å². The second-order valence-corrected chi connectivity index (χ2v) is 3.05. The molecule has 0 spiro atoms. The molecule has 0 aliphatic carbocycles. The highest BCUT2D eigenvalue weighted by Crippen LogP contribution is 2.04. The summed E-state index contributed by atoms with van der Waals surface area (Å²) in [7, 11) is 0. The monoisotopic (exact) mass is 183 g/mol. The highest BCUT2D eigenvalue weighted by molar-refractivity contribution is 7.58. The molecule has 0 aliphatic heterocycles. The maximum absolute atomic E-state index is 10.5. The van der Waals surface area contributed by atoms with Crippen LogP contribution in [0, 0.1) is 0 Å². The van der Waals surface area contributed by atoms with Crippen molar-refractivity contribution in [2.75, 3.05) is 0 Å². The first-order valence-corrected chi connectivity index (χ1v) is 4.12. The van der Waals surface area contributed by atoms with Gasteiger partial charge >= 0.3 is 5.97 Å². The predicted molar refractivity (Wildman–Crippen MR) is 50.3 cm³/mol. The molecule has 0 saturated carbocycles. The zero-order valence-corrected chi connectivity index (χ0v) is 7.83. The highest BCUT2D eigenvalue weighted by atomic mass is 32.1. The van der Waals surface area contributed by atoms with E-state index in [1.807, 2.05) is 24.3 Å². The van der Waals surface area contributed by atoms with Gasteiger partial charge in [-0.1, -0.05) is 12.1 Å². The molecule has 1 rings (SSSR count). The van der Waals surface area contributed by atoms with Gasteiger partial charge < -0.3 is 4.74 Å². The fourth-order valence-corrected chi connectivity index (χ4v) is 0.953. The zero-order chi connectivity index (χ0) is 8.97. The van der Waals surface area contributed by atoms with Crippen molar-refractivity contribution in [1.29, 1.82) is 0 Å². The number of benzene rings is 1. The maximum Gasteiger partial charge on any atom is 0.302 e. The van der Waals surface area contributed by atoms with E-state index in [4.69, 9.17) is 4.74 Å². The standard InChI is InChI=1S/C9H10O2S/c1-7(10)11-6-8-2-4-9(12)5-3-8/h2-5,12H,6H2,1H3/p+1. The van der Waals surface area contributed by atoms with E-state index in [-0.39, 0.29) is 5.97 Å². The lowest BCUT2D eigenvalue weighted by molar-refractivity contribution is -0.142. The van der Waals surface area contributed by atoms with Crippen LogP contribution in [0.25, 0.3) is 0 Å². The second kappa shape index (κ2) is 4.16. The molecule has 12 heavy (non-hydrogen) atoms. The van der Waals surface area contributed by atoms with Crippen LogP contribution >= 0.6 is 0 Å². The van der Waals surface area contributed by atoms with Gasteiger partial charge in [-0.15, -0.1) is 0 Å². The molecule has 0 atom stereocenters. The summed E-state index contributed by atoms with van der Waals surface area (Å²) >= 11 is 3.37. The summed E-state index contributed by atoms with van der Waals surface area (Å²) < 4.78 is 4.81. The summed E-state index contributed by atoms with van der Waals surface area (Å²) in [5.41, 5.74) is 0.993. The Bertz CT molecular complexity index is 266. The molecule has 1 aromatic rings. The number of carbonyl (C=O) groups excluding carboxylic acids is 1. The summed E-state index contributed by atoms with van der Waals surface area (Å²) in [6.45, 7) is 1.75. The van der Waals surface area contributed by atoms with E-state index in [1.165, 1.54) is 6.92 Å². The van der Waals surface area contributed by atoms with Crippen molar-refractivity contribution in [2.45, 2.75) is 18.4 Å². The number of hydrogen-bond donors (Lipinski definition) is 0. The van der Waals surface area contributed by atoms with E-state index in [0.29, 0.717) is 6.61 Å². The van der Waals surface area contributed by atoms with Crippen LogP contribution in [0.2, 0.25) is 0 Å². The number of rotatable bonds is 2. The van der Waals surface area contributed by atoms with Crippen LogP contribution in [0.1, 0.15) is 12.5 Å². The Balaban J connectivity index is 2.53. The fourth-order valence-electron chi connectivity index (χ4n) is 0.786. The van der Waals surface area contributed by atoms with Crippen molar-refractivity contribution in [3.8, 4) is 0 Å². The lowest BCUT2D eigenvalue weighted by Crippen LogP contribution is -1.98. The molecule has 0 heterocycles. The maximum atomic E-state index is 10.5. The minimum Gasteiger partial charge on any atom is -0.461 e. The average molecular weight is 183 g/mol. The Morgan fingerprint density at radius 1 is 1.42 bits per heavy atom. The van der Waals surface area contributed by atoms with Gasteiger partial charge in [-0.3, -0.25) is 4.79 Å². The normalized spacial score (nSPS) is 9.50. The van der Waals surface area contributed by atoms with Crippen LogP contribution in [0.15, 0.2) is 29.2 Å². The average Bonchev–Trinajstić information content (AvgIpc) is 2.03. The van der Waals surface area contributed by atoms with Crippen molar-refractivity contribution < 1.29 is 9.53 Å². The van der Waals surface area contributed by atoms with Gasteiger partial charge in [0.15, 0.2) is 0 Å². The molecule has 0 unspecified atom stereocenters. The Labute approximate surface area is 77.0 Å². The van der Waals surface area contributed by atoms with Gasteiger partial charge in [-0.2, -0.15) is 0 Å². The van der Waals surface area contributed by atoms with E-state index in [1.54, 1.807) is 0 Å². The molecular formula is C9H11O2S+. The van der Waals surface area contributed by atoms with Crippen molar-refractivity contribution >= 4 is 18.6 Å². The number of carbonyl (C=O) groups is 1. The molecule has 0 saturated heterocycles. The summed E-state index contributed by atoms with van der Waals surface area (Å²) in [6, 6.07) is 7.64. The molecule has 0 radical (unpaired) electrons. The summed E-state index contributed by atoms with van der Waals surface area (Å²) in [4.78, 5) is 11.5. The molecule has 1 aromatic carbocycles. The van der Waals surface area contributed by atoms with Crippen LogP contribution in [-0.4, -0.2) is 5.97 Å². The van der Waals surface area contributed by atoms with Gasteiger partial charge in [0.05, 0.1) is 0 Å². The number of hydrogen-bond acceptors (Lipinski definition) is 2. The summed E-state index contributed by atoms with van der Waals surface area (Å²) in [5.74, 6) is -0.252. The fraction of sp³-hybridized carbons (Fsp3) is 0.222. The first-order valence-electron chi connectivity index (χ1n) is 3.62. The lowest BCUT2D eigenvalue weighted by atomic mass is 10.2. The van der Waals surface area contributed by atoms with Crippen molar-refractivity contribution in [2.24, 2.45) is 0 Å².